The zero-order chi connectivity index (χ0) is 24.5. The first-order chi connectivity index (χ1) is 16.1. The number of pyridine rings is 1. The van der Waals surface area contributed by atoms with E-state index >= 15 is 0 Å². The molecular weight excluding hydrogens is 471 g/mol. The van der Waals surface area contributed by atoms with Crippen LogP contribution in [-0.2, 0) is 21.2 Å². The molecule has 0 fully saturated rings. The van der Waals surface area contributed by atoms with Crippen LogP contribution < -0.4 is 0 Å². The first kappa shape index (κ1) is 24.1. The van der Waals surface area contributed by atoms with Crippen LogP contribution in [0, 0.1) is 12.7 Å². The average molecular weight is 494 g/mol. The molecule has 4 aromatic rings. The van der Waals surface area contributed by atoms with E-state index in [1.165, 1.54) is 30.6 Å². The number of aromatic nitrogens is 1. The Morgan fingerprint density at radius 2 is 1.65 bits per heavy atom. The van der Waals surface area contributed by atoms with Gasteiger partial charge in [0.05, 0.1) is 11.1 Å². The smallest absolute Gasteiger partial charge is 0.224 e. The monoisotopic (exact) mass is 493 g/mol. The molecule has 0 spiro atoms. The Balaban J connectivity index is 1.71. The molecule has 4 rings (SSSR count). The van der Waals surface area contributed by atoms with Gasteiger partial charge in [-0.25, -0.2) is 17.8 Å². The normalized spacial score (nSPS) is 13.4. The maximum atomic E-state index is 13.4. The summed E-state index contributed by atoms with van der Waals surface area (Å²) < 4.78 is 55.4. The van der Waals surface area contributed by atoms with E-state index < -0.39 is 25.9 Å². The third-order valence-electron chi connectivity index (χ3n) is 5.11. The summed E-state index contributed by atoms with van der Waals surface area (Å²) in [5, 5.41) is 1.41. The van der Waals surface area contributed by atoms with Crippen LogP contribution in [0.25, 0.3) is 21.9 Å². The summed E-state index contributed by atoms with van der Waals surface area (Å²) in [5.74, 6) is -0.306. The fourth-order valence-corrected chi connectivity index (χ4v) is 5.18. The van der Waals surface area contributed by atoms with Crippen LogP contribution in [0.4, 0.5) is 4.39 Å². The maximum Gasteiger partial charge on any atom is 0.224 e. The number of benzene rings is 3. The summed E-state index contributed by atoms with van der Waals surface area (Å²) in [7, 11) is -3.97. The van der Waals surface area contributed by atoms with Crippen LogP contribution in [0.2, 0.25) is 0 Å². The van der Waals surface area contributed by atoms with E-state index in [9.17, 15) is 17.4 Å². The Morgan fingerprint density at radius 3 is 2.35 bits per heavy atom. The summed E-state index contributed by atoms with van der Waals surface area (Å²) >= 11 is -1.64. The number of hydrogen-bond donors (Lipinski definition) is 0. The molecular formula is C26H22FN2O3S2. The van der Waals surface area contributed by atoms with Crippen LogP contribution in [0.15, 0.2) is 93.3 Å². The fourth-order valence-electron chi connectivity index (χ4n) is 3.30. The second-order valence-corrected chi connectivity index (χ2v) is 12.1. The Labute approximate surface area is 201 Å². The maximum absolute atomic E-state index is 13.4. The average Bonchev–Trinajstić information content (AvgIpc) is 2.82. The second kappa shape index (κ2) is 9.29. The molecule has 1 unspecified atom stereocenters. The number of sulfone groups is 1. The van der Waals surface area contributed by atoms with Crippen LogP contribution in [0.3, 0.4) is 0 Å². The van der Waals surface area contributed by atoms with Crippen molar-refractivity contribution in [3.63, 3.8) is 0 Å². The van der Waals surface area contributed by atoms with Gasteiger partial charge in [-0.1, -0.05) is 34.7 Å². The lowest BCUT2D eigenvalue weighted by atomic mass is 10.0. The van der Waals surface area contributed by atoms with Crippen LogP contribution in [0.1, 0.15) is 19.4 Å². The minimum absolute atomic E-state index is 0.0847. The van der Waals surface area contributed by atoms with Gasteiger partial charge in [0.1, 0.15) is 21.9 Å². The van der Waals surface area contributed by atoms with Crippen molar-refractivity contribution in [1.82, 2.24) is 4.98 Å². The van der Waals surface area contributed by atoms with E-state index in [-0.39, 0.29) is 21.3 Å². The van der Waals surface area contributed by atoms with Gasteiger partial charge in [0.2, 0.25) is 9.84 Å². The highest BCUT2D eigenvalue weighted by molar-refractivity contribution is 7.92. The SMILES string of the molecule is [CH2]C(C)(C)[S+]([O-])/N=C/c1cccnc1S(=O)(=O)c1ccc2cc(-c3ccc(F)cc3)ccc2c1. The lowest BCUT2D eigenvalue weighted by Gasteiger charge is -2.17. The molecule has 0 aliphatic rings. The van der Waals surface area contributed by atoms with Gasteiger partial charge < -0.3 is 4.55 Å². The van der Waals surface area contributed by atoms with Crippen molar-refractivity contribution in [2.45, 2.75) is 28.5 Å². The van der Waals surface area contributed by atoms with Gasteiger partial charge in [0, 0.05) is 18.7 Å². The van der Waals surface area contributed by atoms with Gasteiger partial charge in [-0.05, 0) is 78.2 Å². The van der Waals surface area contributed by atoms with Gasteiger partial charge in [-0.15, -0.1) is 0 Å². The van der Waals surface area contributed by atoms with E-state index in [4.69, 9.17) is 0 Å². The highest BCUT2D eigenvalue weighted by Crippen LogP contribution is 2.29. The first-order valence-corrected chi connectivity index (χ1v) is 13.0. The quantitative estimate of drug-likeness (QED) is 0.260. The largest absolute Gasteiger partial charge is 0.591 e. The summed E-state index contributed by atoms with van der Waals surface area (Å²) in [5.41, 5.74) is 2.00. The second-order valence-electron chi connectivity index (χ2n) is 8.38. The summed E-state index contributed by atoms with van der Waals surface area (Å²) in [6, 6.07) is 19.8. The van der Waals surface area contributed by atoms with E-state index in [2.05, 4.69) is 16.3 Å². The van der Waals surface area contributed by atoms with Crippen LogP contribution >= 0.6 is 0 Å². The molecule has 0 aliphatic heterocycles. The Kier molecular flexibility index (Phi) is 6.58. The molecule has 34 heavy (non-hydrogen) atoms. The number of rotatable bonds is 6. The Bertz CT molecular complexity index is 1480. The molecule has 3 aromatic carbocycles. The summed E-state index contributed by atoms with van der Waals surface area (Å²) in [6.07, 6.45) is 2.65. The van der Waals surface area contributed by atoms with Crippen LogP contribution in [-0.4, -0.2) is 28.9 Å². The lowest BCUT2D eigenvalue weighted by molar-refractivity contribution is 0.572. The molecule has 0 aliphatic carbocycles. The van der Waals surface area contributed by atoms with Gasteiger partial charge in [0.15, 0.2) is 5.03 Å². The number of nitrogens with zero attached hydrogens (tertiary/aromatic N) is 2. The molecule has 0 saturated carbocycles. The predicted octanol–water partition coefficient (Wildman–Crippen LogP) is 5.57. The van der Waals surface area contributed by atoms with Gasteiger partial charge >= 0.3 is 0 Å². The third kappa shape index (κ3) is 5.04. The highest BCUT2D eigenvalue weighted by Gasteiger charge is 2.27. The fraction of sp³-hybridized carbons (Fsp3) is 0.115. The highest BCUT2D eigenvalue weighted by atomic mass is 32.2. The number of halogens is 1. The molecule has 1 radical (unpaired) electrons. The Morgan fingerprint density at radius 1 is 1.00 bits per heavy atom. The summed E-state index contributed by atoms with van der Waals surface area (Å²) in [6.45, 7) is 7.15. The van der Waals surface area contributed by atoms with Crippen LogP contribution in [0.5, 0.6) is 0 Å². The molecule has 5 nitrogen and oxygen atoms in total. The standard InChI is InChI=1S/C26H22FN2O3S2/c1-26(2,3)33(30)29-17-22-5-4-14-28-25(22)34(31,32)24-13-10-20-15-19(6-7-21(20)16-24)18-8-11-23(27)12-9-18/h4-17H,1H2,2-3H3/b29-17+. The van der Waals surface area contributed by atoms with Crippen molar-refractivity contribution in [3.05, 3.63) is 97.3 Å². The molecule has 1 aromatic heterocycles. The van der Waals surface area contributed by atoms with Gasteiger partial charge in [-0.3, -0.25) is 0 Å². The van der Waals surface area contributed by atoms with Gasteiger partial charge in [-0.2, -0.15) is 0 Å². The molecule has 0 bridgehead atoms. The van der Waals surface area contributed by atoms with Crippen molar-refractivity contribution in [3.8, 4) is 11.1 Å². The van der Waals surface area contributed by atoms with Crippen molar-refractivity contribution in [2.24, 2.45) is 4.40 Å². The minimum Gasteiger partial charge on any atom is -0.591 e. The molecule has 1 heterocycles. The number of hydrogen-bond acceptors (Lipinski definition) is 5. The van der Waals surface area contributed by atoms with E-state index in [1.807, 2.05) is 18.2 Å². The predicted molar refractivity (Wildman–Crippen MR) is 134 cm³/mol. The van der Waals surface area contributed by atoms with Gasteiger partial charge in [0.25, 0.3) is 0 Å². The molecule has 173 valence electrons. The van der Waals surface area contributed by atoms with E-state index in [0.29, 0.717) is 0 Å². The first-order valence-electron chi connectivity index (χ1n) is 10.4. The van der Waals surface area contributed by atoms with E-state index in [1.54, 1.807) is 50.2 Å². The Hall–Kier alpha value is -3.07. The molecule has 0 saturated heterocycles. The third-order valence-corrected chi connectivity index (χ3v) is 8.08. The van der Waals surface area contributed by atoms with Crippen molar-refractivity contribution < 1.29 is 17.4 Å². The zero-order valence-electron chi connectivity index (χ0n) is 18.6. The van der Waals surface area contributed by atoms with Crippen molar-refractivity contribution >= 4 is 38.2 Å². The van der Waals surface area contributed by atoms with Crippen molar-refractivity contribution in [2.75, 3.05) is 0 Å². The van der Waals surface area contributed by atoms with Crippen molar-refractivity contribution in [1.29, 1.82) is 0 Å². The number of fused-ring (bicyclic) bond motifs is 1. The topological polar surface area (TPSA) is 82.4 Å². The molecule has 1 atom stereocenters. The lowest BCUT2D eigenvalue weighted by Crippen LogP contribution is -2.26. The summed E-state index contributed by atoms with van der Waals surface area (Å²) in [4.78, 5) is 4.17. The molecule has 8 heteroatoms. The minimum atomic E-state index is -3.97. The van der Waals surface area contributed by atoms with E-state index in [0.717, 1.165) is 21.9 Å². The molecule has 0 N–H and O–H groups in total. The molecule has 0 amide bonds. The zero-order valence-corrected chi connectivity index (χ0v) is 20.2.